The number of ether oxygens (including phenoxy) is 2. The number of alkyl halides is 1. The molecule has 3 nitrogen and oxygen atoms in total. The minimum atomic E-state index is 0.0382. The first kappa shape index (κ1) is 12.9. The summed E-state index contributed by atoms with van der Waals surface area (Å²) in [5.41, 5.74) is 0.995. The zero-order valence-corrected chi connectivity index (χ0v) is 10.8. The molecule has 1 rings (SSSR count). The van der Waals surface area contributed by atoms with Crippen molar-refractivity contribution in [3.05, 3.63) is 30.4 Å². The first-order valence-electron chi connectivity index (χ1n) is 4.92. The minimum absolute atomic E-state index is 0.0382. The van der Waals surface area contributed by atoms with Crippen molar-refractivity contribution < 1.29 is 14.6 Å². The molecule has 0 atom stereocenters. The third-order valence-corrected chi connectivity index (χ3v) is 2.36. The number of hydrogen-bond donors (Lipinski definition) is 1. The smallest absolute Gasteiger partial charge is 0.200 e. The maximum Gasteiger partial charge on any atom is 0.200 e. The van der Waals surface area contributed by atoms with Crippen LogP contribution in [-0.4, -0.2) is 24.2 Å². The van der Waals surface area contributed by atoms with Gasteiger partial charge in [-0.25, -0.2) is 0 Å². The lowest BCUT2D eigenvalue weighted by Gasteiger charge is -2.12. The maximum absolute atomic E-state index is 9.82. The van der Waals surface area contributed by atoms with Crippen molar-refractivity contribution in [1.82, 2.24) is 0 Å². The molecule has 0 heterocycles. The second-order valence-electron chi connectivity index (χ2n) is 3.18. The highest BCUT2D eigenvalue weighted by Crippen LogP contribution is 2.37. The Balaban J connectivity index is 3.03. The molecule has 0 aliphatic carbocycles. The van der Waals surface area contributed by atoms with Crippen LogP contribution in [-0.2, 0) is 6.42 Å². The summed E-state index contributed by atoms with van der Waals surface area (Å²) in [5.74, 6) is 0.899. The molecule has 4 heteroatoms. The summed E-state index contributed by atoms with van der Waals surface area (Å²) < 4.78 is 10.5. The van der Waals surface area contributed by atoms with E-state index in [1.807, 2.05) is 0 Å². The molecule has 16 heavy (non-hydrogen) atoms. The molecule has 0 aliphatic heterocycles. The van der Waals surface area contributed by atoms with Crippen LogP contribution in [0.4, 0.5) is 0 Å². The number of allylic oxidation sites excluding steroid dienone is 1. The molecule has 0 amide bonds. The Morgan fingerprint density at radius 2 is 2.12 bits per heavy atom. The van der Waals surface area contributed by atoms with Gasteiger partial charge in [0.05, 0.1) is 13.7 Å². The summed E-state index contributed by atoms with van der Waals surface area (Å²) in [5, 5.41) is 10.5. The number of hydrogen-bond acceptors (Lipinski definition) is 3. The second-order valence-corrected chi connectivity index (χ2v) is 3.97. The Bertz CT molecular complexity index is 364. The monoisotopic (exact) mass is 286 g/mol. The molecule has 0 aromatic heterocycles. The molecule has 0 saturated carbocycles. The van der Waals surface area contributed by atoms with Crippen molar-refractivity contribution in [2.24, 2.45) is 0 Å². The predicted molar refractivity (Wildman–Crippen MR) is 67.8 cm³/mol. The van der Waals surface area contributed by atoms with Crippen molar-refractivity contribution >= 4 is 15.9 Å². The maximum atomic E-state index is 9.82. The standard InChI is InChI=1S/C12H15BrO3/c1-3-4-9-7-10(15-2)12(14)11(8-9)16-6-5-13/h3,7-8,14H,1,4-6H2,2H3. The lowest BCUT2D eigenvalue weighted by Crippen LogP contribution is -1.99. The Morgan fingerprint density at radius 1 is 1.44 bits per heavy atom. The van der Waals surface area contributed by atoms with Crippen LogP contribution in [0, 0.1) is 0 Å². The normalized spacial score (nSPS) is 9.88. The van der Waals surface area contributed by atoms with E-state index in [-0.39, 0.29) is 5.75 Å². The van der Waals surface area contributed by atoms with Gasteiger partial charge in [0, 0.05) is 5.33 Å². The average molecular weight is 287 g/mol. The molecule has 0 fully saturated rings. The molecule has 0 radical (unpaired) electrons. The van der Waals surface area contributed by atoms with Crippen LogP contribution in [0.25, 0.3) is 0 Å². The fraction of sp³-hybridized carbons (Fsp3) is 0.333. The first-order valence-corrected chi connectivity index (χ1v) is 6.04. The van der Waals surface area contributed by atoms with Gasteiger partial charge in [-0.2, -0.15) is 0 Å². The highest BCUT2D eigenvalue weighted by molar-refractivity contribution is 9.09. The summed E-state index contributed by atoms with van der Waals surface area (Å²) in [4.78, 5) is 0. The predicted octanol–water partition coefficient (Wildman–Crippen LogP) is 2.90. The van der Waals surface area contributed by atoms with Crippen molar-refractivity contribution in [3.63, 3.8) is 0 Å². The number of benzene rings is 1. The van der Waals surface area contributed by atoms with Gasteiger partial charge in [0.25, 0.3) is 0 Å². The number of aromatic hydroxyl groups is 1. The lowest BCUT2D eigenvalue weighted by atomic mass is 10.1. The number of phenolic OH excluding ortho intramolecular Hbond substituents is 1. The zero-order chi connectivity index (χ0) is 12.0. The van der Waals surface area contributed by atoms with E-state index in [1.54, 1.807) is 18.2 Å². The van der Waals surface area contributed by atoms with E-state index in [0.717, 1.165) is 5.56 Å². The number of phenols is 1. The largest absolute Gasteiger partial charge is 0.502 e. The third-order valence-electron chi connectivity index (χ3n) is 2.03. The van der Waals surface area contributed by atoms with E-state index in [9.17, 15) is 5.11 Å². The summed E-state index contributed by atoms with van der Waals surface area (Å²) >= 11 is 3.26. The number of methoxy groups -OCH3 is 1. The quantitative estimate of drug-likeness (QED) is 0.646. The number of rotatable bonds is 6. The van der Waals surface area contributed by atoms with Gasteiger partial charge in [0.2, 0.25) is 5.75 Å². The molecule has 88 valence electrons. The molecule has 1 aromatic carbocycles. The molecular weight excluding hydrogens is 272 g/mol. The van der Waals surface area contributed by atoms with E-state index < -0.39 is 0 Å². The first-order chi connectivity index (χ1) is 7.72. The van der Waals surface area contributed by atoms with Crippen molar-refractivity contribution in [3.8, 4) is 17.2 Å². The van der Waals surface area contributed by atoms with E-state index >= 15 is 0 Å². The Kier molecular flexibility index (Phi) is 5.19. The molecule has 0 bridgehead atoms. The van der Waals surface area contributed by atoms with E-state index in [2.05, 4.69) is 22.5 Å². The van der Waals surface area contributed by atoms with E-state index in [4.69, 9.17) is 9.47 Å². The van der Waals surface area contributed by atoms with Gasteiger partial charge in [0.15, 0.2) is 11.5 Å². The second kappa shape index (κ2) is 6.43. The summed E-state index contributed by atoms with van der Waals surface area (Å²) in [6.45, 7) is 4.17. The molecule has 1 aromatic rings. The van der Waals surface area contributed by atoms with Gasteiger partial charge in [-0.1, -0.05) is 22.0 Å². The summed E-state index contributed by atoms with van der Waals surface area (Å²) in [6, 6.07) is 3.57. The Hall–Kier alpha value is -1.16. The van der Waals surface area contributed by atoms with Crippen LogP contribution < -0.4 is 9.47 Å². The van der Waals surface area contributed by atoms with E-state index in [0.29, 0.717) is 29.9 Å². The summed E-state index contributed by atoms with van der Waals surface area (Å²) in [6.07, 6.45) is 2.50. The van der Waals surface area contributed by atoms with Gasteiger partial charge in [-0.05, 0) is 24.1 Å². The molecule has 0 spiro atoms. The molecule has 1 N–H and O–H groups in total. The van der Waals surface area contributed by atoms with Crippen LogP contribution in [0.1, 0.15) is 5.56 Å². The van der Waals surface area contributed by atoms with Crippen molar-refractivity contribution in [2.75, 3.05) is 19.0 Å². The topological polar surface area (TPSA) is 38.7 Å². The Morgan fingerprint density at radius 3 is 2.69 bits per heavy atom. The zero-order valence-electron chi connectivity index (χ0n) is 9.20. The highest BCUT2D eigenvalue weighted by Gasteiger charge is 2.11. The van der Waals surface area contributed by atoms with Crippen LogP contribution >= 0.6 is 15.9 Å². The van der Waals surface area contributed by atoms with Crippen molar-refractivity contribution in [2.45, 2.75) is 6.42 Å². The van der Waals surface area contributed by atoms with Crippen LogP contribution in [0.3, 0.4) is 0 Å². The van der Waals surface area contributed by atoms with Crippen LogP contribution in [0.15, 0.2) is 24.8 Å². The third kappa shape index (κ3) is 3.17. The fourth-order valence-electron chi connectivity index (χ4n) is 1.34. The molecular formula is C12H15BrO3. The van der Waals surface area contributed by atoms with Crippen LogP contribution in [0.2, 0.25) is 0 Å². The number of halogens is 1. The average Bonchev–Trinajstić information content (AvgIpc) is 2.29. The fourth-order valence-corrected chi connectivity index (χ4v) is 1.50. The van der Waals surface area contributed by atoms with Gasteiger partial charge < -0.3 is 14.6 Å². The van der Waals surface area contributed by atoms with Crippen LogP contribution in [0.5, 0.6) is 17.2 Å². The lowest BCUT2D eigenvalue weighted by molar-refractivity contribution is 0.308. The SMILES string of the molecule is C=CCc1cc(OC)c(O)c(OCCBr)c1. The van der Waals surface area contributed by atoms with Gasteiger partial charge >= 0.3 is 0 Å². The molecule has 0 unspecified atom stereocenters. The Labute approximate surface area is 104 Å². The van der Waals surface area contributed by atoms with E-state index in [1.165, 1.54) is 7.11 Å². The molecule has 0 saturated heterocycles. The summed E-state index contributed by atoms with van der Waals surface area (Å²) in [7, 11) is 1.51. The van der Waals surface area contributed by atoms with Gasteiger partial charge in [0.1, 0.15) is 0 Å². The van der Waals surface area contributed by atoms with Crippen molar-refractivity contribution in [1.29, 1.82) is 0 Å². The van der Waals surface area contributed by atoms with Gasteiger partial charge in [-0.3, -0.25) is 0 Å². The highest BCUT2D eigenvalue weighted by atomic mass is 79.9. The molecule has 0 aliphatic rings. The van der Waals surface area contributed by atoms with Gasteiger partial charge in [-0.15, -0.1) is 6.58 Å². The minimum Gasteiger partial charge on any atom is -0.502 e.